The molecule has 0 aliphatic heterocycles. The minimum atomic E-state index is -0.248. The van der Waals surface area contributed by atoms with Crippen molar-refractivity contribution in [3.63, 3.8) is 0 Å². The zero-order chi connectivity index (χ0) is 14.8. The molecule has 0 saturated heterocycles. The van der Waals surface area contributed by atoms with Gasteiger partial charge in [-0.25, -0.2) is 4.39 Å². The van der Waals surface area contributed by atoms with Crippen LogP contribution in [0.4, 0.5) is 4.39 Å². The minimum Gasteiger partial charge on any atom is -0.457 e. The van der Waals surface area contributed by atoms with Gasteiger partial charge in [0.2, 0.25) is 0 Å². The van der Waals surface area contributed by atoms with Crippen molar-refractivity contribution in [2.24, 2.45) is 0 Å². The second-order valence-electron chi connectivity index (χ2n) is 4.85. The van der Waals surface area contributed by atoms with E-state index in [0.29, 0.717) is 10.6 Å². The van der Waals surface area contributed by atoms with Crippen molar-refractivity contribution in [1.29, 1.82) is 0 Å². The fourth-order valence-electron chi connectivity index (χ4n) is 2.43. The number of para-hydroxylation sites is 1. The molecule has 0 fully saturated rings. The highest BCUT2D eigenvalue weighted by molar-refractivity contribution is 6.34. The van der Waals surface area contributed by atoms with Gasteiger partial charge in [0, 0.05) is 5.39 Å². The summed E-state index contributed by atoms with van der Waals surface area (Å²) in [5, 5.41) is 4.91. The third kappa shape index (κ3) is 2.80. The van der Waals surface area contributed by atoms with Gasteiger partial charge in [0.25, 0.3) is 0 Å². The van der Waals surface area contributed by atoms with E-state index in [1.807, 2.05) is 25.1 Å². The van der Waals surface area contributed by atoms with Crippen molar-refractivity contribution in [2.45, 2.75) is 13.0 Å². The second kappa shape index (κ2) is 5.88. The van der Waals surface area contributed by atoms with Gasteiger partial charge in [0.15, 0.2) is 5.58 Å². The van der Waals surface area contributed by atoms with Gasteiger partial charge in [-0.15, -0.1) is 0 Å². The van der Waals surface area contributed by atoms with Crippen LogP contribution in [0.5, 0.6) is 0 Å². The molecular formula is C17H15ClFNO. The standard InChI is InChI=1S/C17H15ClFNO/c1-2-20-16(11-6-8-13(19)9-7-11)15-10-12-4-3-5-14(18)17(12)21-15/h3-10,16,20H,2H2,1H3. The quantitative estimate of drug-likeness (QED) is 0.739. The Kier molecular flexibility index (Phi) is 3.95. The zero-order valence-corrected chi connectivity index (χ0v) is 12.3. The molecule has 0 saturated carbocycles. The minimum absolute atomic E-state index is 0.126. The summed E-state index contributed by atoms with van der Waals surface area (Å²) in [6.45, 7) is 2.79. The van der Waals surface area contributed by atoms with Gasteiger partial charge in [0.1, 0.15) is 11.6 Å². The number of furan rings is 1. The van der Waals surface area contributed by atoms with E-state index in [-0.39, 0.29) is 11.9 Å². The Morgan fingerprint density at radius 1 is 1.19 bits per heavy atom. The summed E-state index contributed by atoms with van der Waals surface area (Å²) in [5.41, 5.74) is 1.63. The molecule has 0 amide bonds. The van der Waals surface area contributed by atoms with Crippen molar-refractivity contribution >= 4 is 22.6 Å². The Morgan fingerprint density at radius 2 is 1.95 bits per heavy atom. The Bertz CT molecular complexity index is 751. The molecule has 2 nitrogen and oxygen atoms in total. The molecule has 0 spiro atoms. The topological polar surface area (TPSA) is 25.2 Å². The first-order chi connectivity index (χ1) is 10.2. The molecule has 1 aromatic heterocycles. The number of halogens is 2. The van der Waals surface area contributed by atoms with Crippen LogP contribution in [0.25, 0.3) is 11.0 Å². The predicted molar refractivity (Wildman–Crippen MR) is 83.1 cm³/mol. The maximum absolute atomic E-state index is 13.1. The van der Waals surface area contributed by atoms with Crippen LogP contribution < -0.4 is 5.32 Å². The number of nitrogens with one attached hydrogen (secondary N) is 1. The average molecular weight is 304 g/mol. The molecule has 3 aromatic rings. The number of fused-ring (bicyclic) bond motifs is 1. The number of benzene rings is 2. The van der Waals surface area contributed by atoms with Crippen molar-refractivity contribution in [3.8, 4) is 0 Å². The van der Waals surface area contributed by atoms with Crippen molar-refractivity contribution in [3.05, 3.63) is 70.7 Å². The van der Waals surface area contributed by atoms with E-state index >= 15 is 0 Å². The maximum atomic E-state index is 13.1. The molecule has 2 aromatic carbocycles. The molecule has 1 atom stereocenters. The van der Waals surface area contributed by atoms with Crippen molar-refractivity contribution in [2.75, 3.05) is 6.54 Å². The molecule has 1 heterocycles. The van der Waals surface area contributed by atoms with Gasteiger partial charge >= 0.3 is 0 Å². The smallest absolute Gasteiger partial charge is 0.152 e. The van der Waals surface area contributed by atoms with E-state index in [1.165, 1.54) is 12.1 Å². The summed E-state index contributed by atoms with van der Waals surface area (Å²) in [5.74, 6) is 0.521. The monoisotopic (exact) mass is 303 g/mol. The number of rotatable bonds is 4. The molecule has 4 heteroatoms. The number of hydrogen-bond acceptors (Lipinski definition) is 2. The average Bonchev–Trinajstić information content (AvgIpc) is 2.91. The van der Waals surface area contributed by atoms with Crippen LogP contribution in [0.15, 0.2) is 52.9 Å². The SMILES string of the molecule is CCNC(c1ccc(F)cc1)c1cc2cccc(Cl)c2o1. The lowest BCUT2D eigenvalue weighted by molar-refractivity contribution is 0.476. The highest BCUT2D eigenvalue weighted by Crippen LogP contribution is 2.32. The van der Waals surface area contributed by atoms with E-state index in [0.717, 1.165) is 23.3 Å². The Morgan fingerprint density at radius 3 is 2.62 bits per heavy atom. The lowest BCUT2D eigenvalue weighted by atomic mass is 10.0. The summed E-state index contributed by atoms with van der Waals surface area (Å²) in [7, 11) is 0. The van der Waals surface area contributed by atoms with E-state index in [4.69, 9.17) is 16.0 Å². The highest BCUT2D eigenvalue weighted by atomic mass is 35.5. The fourth-order valence-corrected chi connectivity index (χ4v) is 2.65. The molecule has 0 aliphatic rings. The van der Waals surface area contributed by atoms with Crippen LogP contribution in [0.3, 0.4) is 0 Å². The molecule has 1 N–H and O–H groups in total. The Labute approximate surface area is 127 Å². The molecule has 0 bridgehead atoms. The van der Waals surface area contributed by atoms with E-state index in [9.17, 15) is 4.39 Å². The molecule has 0 aliphatic carbocycles. The molecule has 21 heavy (non-hydrogen) atoms. The van der Waals surface area contributed by atoms with E-state index < -0.39 is 0 Å². The summed E-state index contributed by atoms with van der Waals surface area (Å²) >= 11 is 6.16. The first kappa shape index (κ1) is 14.1. The van der Waals surface area contributed by atoms with E-state index in [2.05, 4.69) is 5.32 Å². The summed E-state index contributed by atoms with van der Waals surface area (Å²) in [6.07, 6.45) is 0. The third-order valence-electron chi connectivity index (χ3n) is 3.41. The van der Waals surface area contributed by atoms with Crippen LogP contribution in [0.1, 0.15) is 24.3 Å². The molecule has 1 unspecified atom stereocenters. The normalized spacial score (nSPS) is 12.7. The second-order valence-corrected chi connectivity index (χ2v) is 5.26. The van der Waals surface area contributed by atoms with Gasteiger partial charge in [-0.1, -0.05) is 42.8 Å². The largest absolute Gasteiger partial charge is 0.457 e. The predicted octanol–water partition coefficient (Wildman–Crippen LogP) is 4.92. The zero-order valence-electron chi connectivity index (χ0n) is 11.6. The first-order valence-corrected chi connectivity index (χ1v) is 7.23. The summed E-state index contributed by atoms with van der Waals surface area (Å²) < 4.78 is 19.0. The highest BCUT2D eigenvalue weighted by Gasteiger charge is 2.18. The Hall–Kier alpha value is -1.84. The Balaban J connectivity index is 2.06. The third-order valence-corrected chi connectivity index (χ3v) is 3.71. The van der Waals surface area contributed by atoms with Crippen LogP contribution in [0.2, 0.25) is 5.02 Å². The lowest BCUT2D eigenvalue weighted by Crippen LogP contribution is -2.21. The van der Waals surface area contributed by atoms with Crippen LogP contribution >= 0.6 is 11.6 Å². The van der Waals surface area contributed by atoms with Gasteiger partial charge in [-0.2, -0.15) is 0 Å². The molecule has 3 rings (SSSR count). The van der Waals surface area contributed by atoms with Gasteiger partial charge in [-0.3, -0.25) is 0 Å². The number of hydrogen-bond donors (Lipinski definition) is 1. The van der Waals surface area contributed by atoms with Gasteiger partial charge in [-0.05, 0) is 36.4 Å². The van der Waals surface area contributed by atoms with Crippen LogP contribution in [-0.4, -0.2) is 6.54 Å². The molecule has 0 radical (unpaired) electrons. The van der Waals surface area contributed by atoms with Gasteiger partial charge in [0.05, 0.1) is 11.1 Å². The molecule has 108 valence electrons. The first-order valence-electron chi connectivity index (χ1n) is 6.86. The van der Waals surface area contributed by atoms with Crippen LogP contribution in [-0.2, 0) is 0 Å². The van der Waals surface area contributed by atoms with Crippen molar-refractivity contribution in [1.82, 2.24) is 5.32 Å². The van der Waals surface area contributed by atoms with Gasteiger partial charge < -0.3 is 9.73 Å². The van der Waals surface area contributed by atoms with Crippen molar-refractivity contribution < 1.29 is 8.81 Å². The fraction of sp³-hybridized carbons (Fsp3) is 0.176. The summed E-state index contributed by atoms with van der Waals surface area (Å²) in [4.78, 5) is 0. The van der Waals surface area contributed by atoms with E-state index in [1.54, 1.807) is 18.2 Å². The maximum Gasteiger partial charge on any atom is 0.152 e. The summed E-state index contributed by atoms with van der Waals surface area (Å²) in [6, 6.07) is 13.9. The lowest BCUT2D eigenvalue weighted by Gasteiger charge is -2.15. The van der Waals surface area contributed by atoms with Crippen LogP contribution in [0, 0.1) is 5.82 Å². The molecular weight excluding hydrogens is 289 g/mol.